The molecule has 0 bridgehead atoms. The Morgan fingerprint density at radius 1 is 1.50 bits per heavy atom. The van der Waals surface area contributed by atoms with Crippen molar-refractivity contribution in [2.24, 2.45) is 10.9 Å². The number of benzene rings is 1. The van der Waals surface area contributed by atoms with Gasteiger partial charge in [0, 0.05) is 15.9 Å². The number of amidine groups is 1. The van der Waals surface area contributed by atoms with E-state index in [0.717, 1.165) is 32.0 Å². The van der Waals surface area contributed by atoms with E-state index in [1.165, 1.54) is 25.7 Å². The Labute approximate surface area is 137 Å². The number of halogens is 2. The van der Waals surface area contributed by atoms with Crippen LogP contribution in [-0.4, -0.2) is 16.5 Å². The van der Waals surface area contributed by atoms with E-state index in [1.807, 2.05) is 30.0 Å². The molecule has 1 spiro atoms. The molecule has 2 aliphatic rings. The summed E-state index contributed by atoms with van der Waals surface area (Å²) in [5, 5.41) is 5.16. The predicted octanol–water partition coefficient (Wildman–Crippen LogP) is 5.57. The van der Waals surface area contributed by atoms with Gasteiger partial charge in [0.2, 0.25) is 0 Å². The molecule has 1 fully saturated rings. The Morgan fingerprint density at radius 3 is 3.10 bits per heavy atom. The molecular formula is C15H18BrClN2S. The molecule has 0 aromatic heterocycles. The van der Waals surface area contributed by atoms with Crippen LogP contribution < -0.4 is 5.32 Å². The van der Waals surface area contributed by atoms with Crippen molar-refractivity contribution < 1.29 is 0 Å². The Balaban J connectivity index is 1.73. The number of nitrogens with zero attached hydrogens (tertiary/aromatic N) is 1. The van der Waals surface area contributed by atoms with E-state index in [1.54, 1.807) is 0 Å². The minimum Gasteiger partial charge on any atom is -0.335 e. The number of anilines is 1. The molecule has 1 aromatic carbocycles. The van der Waals surface area contributed by atoms with Crippen LogP contribution in [0.25, 0.3) is 0 Å². The fourth-order valence-electron chi connectivity index (χ4n) is 3.11. The van der Waals surface area contributed by atoms with Crippen LogP contribution in [0.1, 0.15) is 32.6 Å². The van der Waals surface area contributed by atoms with Crippen LogP contribution in [0.3, 0.4) is 0 Å². The van der Waals surface area contributed by atoms with Gasteiger partial charge in [0.1, 0.15) is 0 Å². The van der Waals surface area contributed by atoms with Crippen molar-refractivity contribution in [3.8, 4) is 0 Å². The van der Waals surface area contributed by atoms with Crippen LogP contribution in [0.5, 0.6) is 0 Å². The van der Waals surface area contributed by atoms with Gasteiger partial charge in [0.15, 0.2) is 5.17 Å². The van der Waals surface area contributed by atoms with Crippen LogP contribution in [0.15, 0.2) is 27.7 Å². The van der Waals surface area contributed by atoms with Crippen molar-refractivity contribution in [2.75, 3.05) is 11.1 Å². The van der Waals surface area contributed by atoms with Gasteiger partial charge in [-0.3, -0.25) is 4.99 Å². The lowest BCUT2D eigenvalue weighted by Gasteiger charge is -2.33. The summed E-state index contributed by atoms with van der Waals surface area (Å²) in [6.07, 6.45) is 5.12. The lowest BCUT2D eigenvalue weighted by molar-refractivity contribution is 0.266. The largest absolute Gasteiger partial charge is 0.335 e. The molecule has 2 nitrogen and oxygen atoms in total. The van der Waals surface area contributed by atoms with Crippen LogP contribution in [0.2, 0.25) is 5.02 Å². The lowest BCUT2D eigenvalue weighted by atomic mass is 9.78. The maximum absolute atomic E-state index is 6.13. The van der Waals surface area contributed by atoms with Crippen molar-refractivity contribution in [2.45, 2.75) is 38.1 Å². The number of hydrogen-bond donors (Lipinski definition) is 1. The summed E-state index contributed by atoms with van der Waals surface area (Å²) < 4.78 is 0.920. The summed E-state index contributed by atoms with van der Waals surface area (Å²) in [5.74, 6) is 1.92. The molecule has 1 aromatic rings. The first kappa shape index (κ1) is 14.7. The third kappa shape index (κ3) is 3.18. The highest BCUT2D eigenvalue weighted by atomic mass is 79.9. The van der Waals surface area contributed by atoms with E-state index in [0.29, 0.717) is 0 Å². The van der Waals surface area contributed by atoms with Gasteiger partial charge in [0.05, 0.1) is 10.6 Å². The first-order valence-corrected chi connectivity index (χ1v) is 9.17. The molecule has 2 atom stereocenters. The van der Waals surface area contributed by atoms with Crippen LogP contribution in [-0.2, 0) is 0 Å². The van der Waals surface area contributed by atoms with Crippen molar-refractivity contribution in [3.63, 3.8) is 0 Å². The van der Waals surface area contributed by atoms with Crippen LogP contribution in [0, 0.1) is 5.92 Å². The molecule has 0 amide bonds. The Hall–Kier alpha value is -0.190. The molecule has 0 saturated heterocycles. The van der Waals surface area contributed by atoms with Crippen LogP contribution >= 0.6 is 39.3 Å². The highest BCUT2D eigenvalue weighted by molar-refractivity contribution is 9.10. The van der Waals surface area contributed by atoms with Crippen molar-refractivity contribution >= 4 is 50.1 Å². The molecule has 1 aliphatic heterocycles. The number of rotatable bonds is 1. The number of thioether (sulfide) groups is 1. The monoisotopic (exact) mass is 372 g/mol. The molecule has 1 heterocycles. The Kier molecular flexibility index (Phi) is 4.34. The summed E-state index contributed by atoms with van der Waals surface area (Å²) in [6.45, 7) is 2.35. The third-order valence-corrected chi connectivity index (χ3v) is 6.44. The average Bonchev–Trinajstić information content (AvgIpc) is 2.76. The zero-order chi connectivity index (χ0) is 14.2. The number of hydrogen-bond acceptors (Lipinski definition) is 3. The highest BCUT2D eigenvalue weighted by Gasteiger charge is 2.39. The normalized spacial score (nSPS) is 29.6. The van der Waals surface area contributed by atoms with Crippen molar-refractivity contribution in [3.05, 3.63) is 27.7 Å². The van der Waals surface area contributed by atoms with Crippen LogP contribution in [0.4, 0.5) is 5.69 Å². The molecule has 1 N–H and O–H groups in total. The molecule has 2 unspecified atom stereocenters. The summed E-state index contributed by atoms with van der Waals surface area (Å²) in [7, 11) is 0. The molecule has 20 heavy (non-hydrogen) atoms. The van der Waals surface area contributed by atoms with E-state index in [4.69, 9.17) is 16.6 Å². The standard InChI is InChI=1S/C15H18BrClN2S/c1-10-3-2-6-15(8-10)9-20-14(19-15)18-11-4-5-12(16)13(17)7-11/h4-5,7,10H,2-3,6,8-9H2,1H3,(H,18,19). The first-order valence-electron chi connectivity index (χ1n) is 7.01. The van der Waals surface area contributed by atoms with Gasteiger partial charge in [-0.25, -0.2) is 0 Å². The minimum atomic E-state index is 0.184. The van der Waals surface area contributed by atoms with Gasteiger partial charge >= 0.3 is 0 Å². The van der Waals surface area contributed by atoms with E-state index >= 15 is 0 Å². The second-order valence-corrected chi connectivity index (χ2v) is 8.11. The summed E-state index contributed by atoms with van der Waals surface area (Å²) >= 11 is 11.4. The molecule has 5 heteroatoms. The number of nitrogens with one attached hydrogen (secondary N) is 1. The zero-order valence-electron chi connectivity index (χ0n) is 11.5. The summed E-state index contributed by atoms with van der Waals surface area (Å²) in [5.41, 5.74) is 1.19. The van der Waals surface area contributed by atoms with E-state index in [2.05, 4.69) is 28.2 Å². The van der Waals surface area contributed by atoms with Gasteiger partial charge in [0.25, 0.3) is 0 Å². The molecule has 0 radical (unpaired) electrons. The Morgan fingerprint density at radius 2 is 2.35 bits per heavy atom. The minimum absolute atomic E-state index is 0.184. The quantitative estimate of drug-likeness (QED) is 0.696. The predicted molar refractivity (Wildman–Crippen MR) is 93.0 cm³/mol. The molecule has 1 aliphatic carbocycles. The summed E-state index contributed by atoms with van der Waals surface area (Å²) in [4.78, 5) is 4.99. The molecule has 1 saturated carbocycles. The van der Waals surface area contributed by atoms with Crippen molar-refractivity contribution in [1.82, 2.24) is 0 Å². The maximum Gasteiger partial charge on any atom is 0.161 e. The van der Waals surface area contributed by atoms with Gasteiger partial charge in [-0.15, -0.1) is 0 Å². The Bertz CT molecular complexity index is 549. The molecule has 3 rings (SSSR count). The highest BCUT2D eigenvalue weighted by Crippen LogP contribution is 2.42. The fraction of sp³-hybridized carbons (Fsp3) is 0.533. The number of aliphatic imine (C=N–C) groups is 1. The van der Waals surface area contributed by atoms with Gasteiger partial charge in [-0.1, -0.05) is 43.1 Å². The SMILES string of the molecule is CC1CCCC2(CSC(Nc3ccc(Br)c(Cl)c3)=N2)C1. The third-order valence-electron chi connectivity index (χ3n) is 4.05. The van der Waals surface area contributed by atoms with Crippen molar-refractivity contribution in [1.29, 1.82) is 0 Å². The van der Waals surface area contributed by atoms with Gasteiger partial charge in [-0.2, -0.15) is 0 Å². The van der Waals surface area contributed by atoms with E-state index < -0.39 is 0 Å². The van der Waals surface area contributed by atoms with E-state index in [9.17, 15) is 0 Å². The fourth-order valence-corrected chi connectivity index (χ4v) is 4.72. The summed E-state index contributed by atoms with van der Waals surface area (Å²) in [6, 6.07) is 5.92. The zero-order valence-corrected chi connectivity index (χ0v) is 14.6. The second kappa shape index (κ2) is 5.90. The van der Waals surface area contributed by atoms with Gasteiger partial charge < -0.3 is 5.32 Å². The first-order chi connectivity index (χ1) is 9.56. The molecule has 108 valence electrons. The van der Waals surface area contributed by atoms with Gasteiger partial charge in [-0.05, 0) is 52.9 Å². The second-order valence-electron chi connectivity index (χ2n) is 5.89. The van der Waals surface area contributed by atoms with E-state index in [-0.39, 0.29) is 5.54 Å². The topological polar surface area (TPSA) is 24.4 Å². The lowest BCUT2D eigenvalue weighted by Crippen LogP contribution is -2.33. The average molecular weight is 374 g/mol. The molecular weight excluding hydrogens is 356 g/mol. The maximum atomic E-state index is 6.13. The smallest absolute Gasteiger partial charge is 0.161 e.